The minimum atomic E-state index is -3.81. The van der Waals surface area contributed by atoms with Gasteiger partial charge in [0.15, 0.2) is 5.78 Å². The summed E-state index contributed by atoms with van der Waals surface area (Å²) in [6.45, 7) is 5.60. The molecule has 2 aromatic carbocycles. The molecule has 0 unspecified atom stereocenters. The Bertz CT molecular complexity index is 1180. The summed E-state index contributed by atoms with van der Waals surface area (Å²) in [5.74, 6) is -0.0832. The van der Waals surface area contributed by atoms with Crippen molar-refractivity contribution >= 4 is 27.4 Å². The predicted molar refractivity (Wildman–Crippen MR) is 122 cm³/mol. The molecule has 3 rings (SSSR count). The molecule has 0 saturated carbocycles. The summed E-state index contributed by atoms with van der Waals surface area (Å²) in [6, 6.07) is 15.4. The minimum absolute atomic E-state index is 0.0353. The molecule has 0 bridgehead atoms. The lowest BCUT2D eigenvalue weighted by Crippen LogP contribution is -2.15. The Hall–Kier alpha value is -3.52. The molecule has 0 fully saturated rings. The summed E-state index contributed by atoms with van der Waals surface area (Å²) in [7, 11) is -3.81. The molecular formula is C23H24N4O3S. The number of carbonyl (C=O) groups excluding carboxylic acids is 1. The predicted octanol–water partition coefficient (Wildman–Crippen LogP) is 4.27. The molecule has 0 aliphatic carbocycles. The maximum Gasteiger partial charge on any atom is 0.264 e. The lowest BCUT2D eigenvalue weighted by atomic mass is 10.1. The second-order valence-electron chi connectivity index (χ2n) is 7.00. The van der Waals surface area contributed by atoms with Gasteiger partial charge in [0.05, 0.1) is 4.90 Å². The van der Waals surface area contributed by atoms with Gasteiger partial charge in [-0.2, -0.15) is 0 Å². The van der Waals surface area contributed by atoms with Crippen molar-refractivity contribution in [1.82, 2.24) is 9.97 Å². The first kappa shape index (κ1) is 22.2. The Balaban J connectivity index is 1.63. The van der Waals surface area contributed by atoms with Crippen LogP contribution in [0.2, 0.25) is 0 Å². The van der Waals surface area contributed by atoms with Gasteiger partial charge in [0.25, 0.3) is 10.0 Å². The maximum atomic E-state index is 12.6. The Labute approximate surface area is 182 Å². The molecule has 1 aromatic heterocycles. The molecule has 3 aromatic rings. The molecule has 2 N–H and O–H groups in total. The molecule has 0 aliphatic rings. The van der Waals surface area contributed by atoms with Crippen molar-refractivity contribution in [2.75, 3.05) is 10.0 Å². The number of hydrogen-bond donors (Lipinski definition) is 2. The van der Waals surface area contributed by atoms with E-state index < -0.39 is 10.0 Å². The topological polar surface area (TPSA) is 101 Å². The van der Waals surface area contributed by atoms with Gasteiger partial charge in [-0.3, -0.25) is 4.79 Å². The maximum absolute atomic E-state index is 12.6. The lowest BCUT2D eigenvalue weighted by Gasteiger charge is -2.09. The zero-order valence-corrected chi connectivity index (χ0v) is 18.4. The average Bonchev–Trinajstić information content (AvgIpc) is 2.73. The quantitative estimate of drug-likeness (QED) is 0.404. The van der Waals surface area contributed by atoms with E-state index in [0.717, 1.165) is 6.42 Å². The van der Waals surface area contributed by atoms with Crippen LogP contribution in [0.15, 0.2) is 71.8 Å². The second-order valence-corrected chi connectivity index (χ2v) is 8.68. The number of sulfonamides is 1. The first-order chi connectivity index (χ1) is 14.8. The van der Waals surface area contributed by atoms with E-state index in [-0.39, 0.29) is 16.6 Å². The third-order valence-corrected chi connectivity index (χ3v) is 5.85. The number of aromatic nitrogens is 2. The first-order valence-corrected chi connectivity index (χ1v) is 11.3. The van der Waals surface area contributed by atoms with Gasteiger partial charge < -0.3 is 5.32 Å². The summed E-state index contributed by atoms with van der Waals surface area (Å²) < 4.78 is 27.5. The molecule has 0 spiro atoms. The average molecular weight is 437 g/mol. The summed E-state index contributed by atoms with van der Waals surface area (Å²) in [6.07, 6.45) is 3.89. The smallest absolute Gasteiger partial charge is 0.264 e. The fourth-order valence-corrected chi connectivity index (χ4v) is 3.84. The van der Waals surface area contributed by atoms with Crippen molar-refractivity contribution in [2.24, 2.45) is 0 Å². The van der Waals surface area contributed by atoms with Crippen molar-refractivity contribution in [3.05, 3.63) is 89.4 Å². The highest BCUT2D eigenvalue weighted by Gasteiger charge is 2.16. The van der Waals surface area contributed by atoms with Crippen LogP contribution >= 0.6 is 0 Å². The molecule has 0 amide bonds. The third kappa shape index (κ3) is 5.99. The van der Waals surface area contributed by atoms with Gasteiger partial charge in [0, 0.05) is 34.9 Å². The zero-order chi connectivity index (χ0) is 22.4. The fourth-order valence-electron chi connectivity index (χ4n) is 2.90. The zero-order valence-electron chi connectivity index (χ0n) is 17.6. The summed E-state index contributed by atoms with van der Waals surface area (Å²) in [5, 5.41) is 2.97. The molecule has 0 atom stereocenters. The molecular weight excluding hydrogens is 412 g/mol. The second kappa shape index (κ2) is 9.53. The monoisotopic (exact) mass is 436 g/mol. The van der Waals surface area contributed by atoms with E-state index in [2.05, 4.69) is 26.9 Å². The number of carbonyl (C=O) groups is 1. The molecule has 31 heavy (non-hydrogen) atoms. The molecule has 1 heterocycles. The highest BCUT2D eigenvalue weighted by atomic mass is 32.2. The SMILES string of the molecule is CCc1ccc(C(=O)/C=C/Nc2ccc(S(=O)(=O)Nc3nc(C)cc(C)n3)cc2)cc1. The van der Waals surface area contributed by atoms with Gasteiger partial charge in [-0.25, -0.2) is 23.1 Å². The standard InChI is InChI=1S/C23H24N4O3S/c1-4-18-5-7-19(8-6-18)22(28)13-14-24-20-9-11-21(12-10-20)31(29,30)27-23-25-16(2)15-17(3)26-23/h5-15,24H,4H2,1-3H3,(H,25,26,27)/b14-13+. The molecule has 160 valence electrons. The van der Waals surface area contributed by atoms with Gasteiger partial charge in [-0.05, 0) is 56.2 Å². The van der Waals surface area contributed by atoms with E-state index in [1.165, 1.54) is 30.0 Å². The van der Waals surface area contributed by atoms with Crippen molar-refractivity contribution < 1.29 is 13.2 Å². The highest BCUT2D eigenvalue weighted by molar-refractivity contribution is 7.92. The van der Waals surface area contributed by atoms with Gasteiger partial charge in [0.2, 0.25) is 5.95 Å². The summed E-state index contributed by atoms with van der Waals surface area (Å²) in [4.78, 5) is 20.5. The number of nitrogens with one attached hydrogen (secondary N) is 2. The van der Waals surface area contributed by atoms with E-state index >= 15 is 0 Å². The molecule has 0 aliphatic heterocycles. The van der Waals surface area contributed by atoms with Crippen LogP contribution in [0.3, 0.4) is 0 Å². The van der Waals surface area contributed by atoms with E-state index in [1.807, 2.05) is 12.1 Å². The Morgan fingerprint density at radius 3 is 2.16 bits per heavy atom. The van der Waals surface area contributed by atoms with Gasteiger partial charge >= 0.3 is 0 Å². The third-order valence-electron chi connectivity index (χ3n) is 4.50. The van der Waals surface area contributed by atoms with Gasteiger partial charge in [-0.1, -0.05) is 31.2 Å². The summed E-state index contributed by atoms with van der Waals surface area (Å²) in [5.41, 5.74) is 3.77. The number of aryl methyl sites for hydroxylation is 3. The minimum Gasteiger partial charge on any atom is -0.362 e. The van der Waals surface area contributed by atoms with Crippen LogP contribution in [0.5, 0.6) is 0 Å². The highest BCUT2D eigenvalue weighted by Crippen LogP contribution is 2.17. The van der Waals surface area contributed by atoms with E-state index in [9.17, 15) is 13.2 Å². The van der Waals surface area contributed by atoms with Crippen molar-refractivity contribution in [3.8, 4) is 0 Å². The summed E-state index contributed by atoms with van der Waals surface area (Å²) >= 11 is 0. The molecule has 0 saturated heterocycles. The Kier molecular flexibility index (Phi) is 6.81. The van der Waals surface area contributed by atoms with Crippen LogP contribution in [-0.4, -0.2) is 24.2 Å². The van der Waals surface area contributed by atoms with Crippen molar-refractivity contribution in [1.29, 1.82) is 0 Å². The van der Waals surface area contributed by atoms with Crippen LogP contribution in [0, 0.1) is 13.8 Å². The van der Waals surface area contributed by atoms with Crippen LogP contribution < -0.4 is 10.0 Å². The van der Waals surface area contributed by atoms with E-state index in [1.54, 1.807) is 44.2 Å². The van der Waals surface area contributed by atoms with E-state index in [0.29, 0.717) is 22.6 Å². The van der Waals surface area contributed by atoms with Crippen molar-refractivity contribution in [3.63, 3.8) is 0 Å². The number of anilines is 2. The van der Waals surface area contributed by atoms with Crippen LogP contribution in [0.4, 0.5) is 11.6 Å². The Morgan fingerprint density at radius 1 is 0.968 bits per heavy atom. The van der Waals surface area contributed by atoms with Crippen LogP contribution in [0.1, 0.15) is 34.2 Å². The lowest BCUT2D eigenvalue weighted by molar-refractivity contribution is 0.104. The molecule has 7 nitrogen and oxygen atoms in total. The number of allylic oxidation sites excluding steroid dienone is 1. The van der Waals surface area contributed by atoms with Gasteiger partial charge in [-0.15, -0.1) is 0 Å². The fraction of sp³-hybridized carbons (Fsp3) is 0.174. The number of benzene rings is 2. The molecule has 8 heteroatoms. The number of ketones is 1. The normalized spacial score (nSPS) is 11.5. The molecule has 0 radical (unpaired) electrons. The van der Waals surface area contributed by atoms with E-state index in [4.69, 9.17) is 0 Å². The number of nitrogens with zero attached hydrogens (tertiary/aromatic N) is 2. The number of rotatable bonds is 8. The largest absolute Gasteiger partial charge is 0.362 e. The van der Waals surface area contributed by atoms with Crippen molar-refractivity contribution in [2.45, 2.75) is 32.1 Å². The van der Waals surface area contributed by atoms with Crippen LogP contribution in [-0.2, 0) is 16.4 Å². The van der Waals surface area contributed by atoms with Crippen LogP contribution in [0.25, 0.3) is 0 Å². The Morgan fingerprint density at radius 2 is 1.58 bits per heavy atom. The first-order valence-electron chi connectivity index (χ1n) is 9.78. The van der Waals surface area contributed by atoms with Gasteiger partial charge in [0.1, 0.15) is 0 Å². The number of hydrogen-bond acceptors (Lipinski definition) is 6.